The predicted molar refractivity (Wildman–Crippen MR) is 83.3 cm³/mol. The highest BCUT2D eigenvalue weighted by molar-refractivity contribution is 7.13. The van der Waals surface area contributed by atoms with Gasteiger partial charge in [-0.1, -0.05) is 13.8 Å². The van der Waals surface area contributed by atoms with E-state index in [9.17, 15) is 9.59 Å². The minimum atomic E-state index is -0.910. The largest absolute Gasteiger partial charge is 0.481 e. The fourth-order valence-electron chi connectivity index (χ4n) is 2.45. The maximum absolute atomic E-state index is 12.6. The lowest BCUT2D eigenvalue weighted by Gasteiger charge is -2.32. The van der Waals surface area contributed by atoms with Crippen LogP contribution >= 0.6 is 11.3 Å². The lowest BCUT2D eigenvalue weighted by Crippen LogP contribution is -2.46. The quantitative estimate of drug-likeness (QED) is 0.895. The van der Waals surface area contributed by atoms with Gasteiger partial charge in [-0.15, -0.1) is 11.3 Å². The molecule has 7 heteroatoms. The summed E-state index contributed by atoms with van der Waals surface area (Å²) >= 11 is 1.45. The molecule has 1 atom stereocenters. The summed E-state index contributed by atoms with van der Waals surface area (Å²) in [5.74, 6) is -0.479. The molecule has 1 fully saturated rings. The minimum absolute atomic E-state index is 0.0660. The Morgan fingerprint density at radius 1 is 1.50 bits per heavy atom. The van der Waals surface area contributed by atoms with Crippen LogP contribution in [0.3, 0.4) is 0 Å². The molecule has 1 N–H and O–H groups in total. The number of carbonyl (C=O) groups is 2. The second-order valence-electron chi connectivity index (χ2n) is 5.96. The number of ether oxygens (including phenoxy) is 1. The topological polar surface area (TPSA) is 79.7 Å². The number of hydrogen-bond acceptors (Lipinski definition) is 5. The number of aliphatic carboxylic acids is 1. The summed E-state index contributed by atoms with van der Waals surface area (Å²) in [6.45, 7) is 7.28. The van der Waals surface area contributed by atoms with Crippen molar-refractivity contribution in [3.05, 3.63) is 15.6 Å². The number of aromatic nitrogens is 1. The van der Waals surface area contributed by atoms with Crippen LogP contribution < -0.4 is 0 Å². The summed E-state index contributed by atoms with van der Waals surface area (Å²) in [6, 6.07) is 0. The van der Waals surface area contributed by atoms with Crippen LogP contribution in [0.4, 0.5) is 0 Å². The van der Waals surface area contributed by atoms with E-state index in [1.165, 1.54) is 11.3 Å². The van der Waals surface area contributed by atoms with Gasteiger partial charge in [0.1, 0.15) is 4.88 Å². The zero-order valence-electron chi connectivity index (χ0n) is 13.2. The van der Waals surface area contributed by atoms with Gasteiger partial charge >= 0.3 is 5.97 Å². The highest BCUT2D eigenvalue weighted by Crippen LogP contribution is 2.23. The predicted octanol–water partition coefficient (Wildman–Crippen LogP) is 1.97. The molecule has 0 spiro atoms. The van der Waals surface area contributed by atoms with E-state index < -0.39 is 12.1 Å². The molecule has 1 aromatic rings. The Balaban J connectivity index is 2.07. The van der Waals surface area contributed by atoms with Crippen LogP contribution in [0.5, 0.6) is 0 Å². The zero-order valence-corrected chi connectivity index (χ0v) is 14.0. The highest BCUT2D eigenvalue weighted by Gasteiger charge is 2.28. The molecular formula is C15H22N2O4S. The molecule has 122 valence electrons. The number of nitrogens with zero attached hydrogens (tertiary/aromatic N) is 2. The number of thiazole rings is 1. The van der Waals surface area contributed by atoms with Gasteiger partial charge in [-0.25, -0.2) is 4.98 Å². The fourth-order valence-corrected chi connectivity index (χ4v) is 3.70. The summed E-state index contributed by atoms with van der Waals surface area (Å²) in [7, 11) is 0. The second-order valence-corrected chi connectivity index (χ2v) is 7.05. The molecule has 2 rings (SSSR count). The van der Waals surface area contributed by atoms with Gasteiger partial charge in [-0.3, -0.25) is 9.59 Å². The van der Waals surface area contributed by atoms with Crippen LogP contribution in [0.15, 0.2) is 0 Å². The van der Waals surface area contributed by atoms with E-state index in [0.29, 0.717) is 30.5 Å². The molecule has 1 aliphatic rings. The molecule has 22 heavy (non-hydrogen) atoms. The first kappa shape index (κ1) is 16.9. The van der Waals surface area contributed by atoms with E-state index in [-0.39, 0.29) is 12.3 Å². The van der Waals surface area contributed by atoms with Crippen LogP contribution in [0, 0.1) is 12.8 Å². The maximum Gasteiger partial charge on any atom is 0.306 e. The first-order valence-corrected chi connectivity index (χ1v) is 8.27. The lowest BCUT2D eigenvalue weighted by molar-refractivity contribution is -0.141. The molecule has 1 amide bonds. The Labute approximate surface area is 134 Å². The molecule has 0 aromatic carbocycles. The monoisotopic (exact) mass is 326 g/mol. The Kier molecular flexibility index (Phi) is 5.52. The molecule has 0 radical (unpaired) electrons. The van der Waals surface area contributed by atoms with E-state index in [2.05, 4.69) is 18.8 Å². The molecular weight excluding hydrogens is 304 g/mol. The van der Waals surface area contributed by atoms with Crippen molar-refractivity contribution in [1.82, 2.24) is 9.88 Å². The standard InChI is InChI=1S/C15H22N2O4S/c1-9(2)6-12-16-10(3)14(22-12)15(20)17-4-5-21-11(8-17)7-13(18)19/h9,11H,4-8H2,1-3H3,(H,18,19). The van der Waals surface area contributed by atoms with Crippen molar-refractivity contribution in [3.63, 3.8) is 0 Å². The minimum Gasteiger partial charge on any atom is -0.481 e. The molecule has 1 aliphatic heterocycles. The van der Waals surface area contributed by atoms with Crippen LogP contribution in [0.2, 0.25) is 0 Å². The molecule has 1 aromatic heterocycles. The molecule has 0 aliphatic carbocycles. The third-order valence-electron chi connectivity index (χ3n) is 3.45. The third-order valence-corrected chi connectivity index (χ3v) is 4.61. The molecule has 6 nitrogen and oxygen atoms in total. The number of rotatable bonds is 5. The van der Waals surface area contributed by atoms with Gasteiger partial charge in [0.05, 0.1) is 29.8 Å². The van der Waals surface area contributed by atoms with Crippen molar-refractivity contribution in [1.29, 1.82) is 0 Å². The van der Waals surface area contributed by atoms with Crippen molar-refractivity contribution in [2.24, 2.45) is 5.92 Å². The van der Waals surface area contributed by atoms with Crippen molar-refractivity contribution in [2.45, 2.75) is 39.7 Å². The number of carboxylic acid groups (broad SMARTS) is 1. The van der Waals surface area contributed by atoms with Gasteiger partial charge < -0.3 is 14.7 Å². The van der Waals surface area contributed by atoms with Crippen molar-refractivity contribution < 1.29 is 19.4 Å². The molecule has 2 heterocycles. The van der Waals surface area contributed by atoms with Crippen molar-refractivity contribution >= 4 is 23.2 Å². The van der Waals surface area contributed by atoms with Crippen LogP contribution in [0.1, 0.15) is 40.6 Å². The number of carbonyl (C=O) groups excluding carboxylic acids is 1. The Hall–Kier alpha value is -1.47. The molecule has 0 bridgehead atoms. The zero-order chi connectivity index (χ0) is 16.3. The molecule has 0 saturated carbocycles. The number of amides is 1. The van der Waals surface area contributed by atoms with Gasteiger partial charge in [0.2, 0.25) is 0 Å². The Bertz CT molecular complexity index is 556. The molecule has 1 saturated heterocycles. The normalized spacial score (nSPS) is 18.7. The summed E-state index contributed by atoms with van der Waals surface area (Å²) in [5, 5.41) is 9.83. The van der Waals surface area contributed by atoms with Crippen molar-refractivity contribution in [2.75, 3.05) is 19.7 Å². The van der Waals surface area contributed by atoms with Gasteiger partial charge in [0.25, 0.3) is 5.91 Å². The average molecular weight is 326 g/mol. The van der Waals surface area contributed by atoms with E-state index in [1.807, 2.05) is 6.92 Å². The maximum atomic E-state index is 12.6. The number of aryl methyl sites for hydroxylation is 1. The smallest absolute Gasteiger partial charge is 0.306 e. The fraction of sp³-hybridized carbons (Fsp3) is 0.667. The van der Waals surface area contributed by atoms with E-state index in [1.54, 1.807) is 4.90 Å². The van der Waals surface area contributed by atoms with Gasteiger partial charge in [0, 0.05) is 19.5 Å². The van der Waals surface area contributed by atoms with E-state index >= 15 is 0 Å². The summed E-state index contributed by atoms with van der Waals surface area (Å²) in [6.07, 6.45) is 0.353. The second kappa shape index (κ2) is 7.19. The SMILES string of the molecule is Cc1nc(CC(C)C)sc1C(=O)N1CCOC(CC(=O)O)C1. The summed E-state index contributed by atoms with van der Waals surface area (Å²) in [5.41, 5.74) is 0.756. The first-order chi connectivity index (χ1) is 10.4. The van der Waals surface area contributed by atoms with Crippen molar-refractivity contribution in [3.8, 4) is 0 Å². The highest BCUT2D eigenvalue weighted by atomic mass is 32.1. The van der Waals surface area contributed by atoms with Crippen LogP contribution in [-0.2, 0) is 16.0 Å². The first-order valence-electron chi connectivity index (χ1n) is 7.45. The van der Waals surface area contributed by atoms with Gasteiger partial charge in [-0.05, 0) is 12.8 Å². The lowest BCUT2D eigenvalue weighted by atomic mass is 10.1. The van der Waals surface area contributed by atoms with Gasteiger partial charge in [0.15, 0.2) is 0 Å². The third kappa shape index (κ3) is 4.27. The van der Waals surface area contributed by atoms with Crippen LogP contribution in [0.25, 0.3) is 0 Å². The Morgan fingerprint density at radius 3 is 2.86 bits per heavy atom. The van der Waals surface area contributed by atoms with Gasteiger partial charge in [-0.2, -0.15) is 0 Å². The number of morpholine rings is 1. The van der Waals surface area contributed by atoms with E-state index in [0.717, 1.165) is 17.1 Å². The average Bonchev–Trinajstić information content (AvgIpc) is 2.77. The number of carboxylic acids is 1. The Morgan fingerprint density at radius 2 is 2.23 bits per heavy atom. The summed E-state index contributed by atoms with van der Waals surface area (Å²) in [4.78, 5) is 30.2. The molecule has 1 unspecified atom stereocenters. The summed E-state index contributed by atoms with van der Waals surface area (Å²) < 4.78 is 5.41. The number of hydrogen-bond donors (Lipinski definition) is 1. The van der Waals surface area contributed by atoms with Crippen LogP contribution in [-0.4, -0.2) is 52.7 Å². The van der Waals surface area contributed by atoms with E-state index in [4.69, 9.17) is 9.84 Å².